The minimum absolute atomic E-state index is 0.00607. The summed E-state index contributed by atoms with van der Waals surface area (Å²) in [4.78, 5) is 53.0. The van der Waals surface area contributed by atoms with Crippen molar-refractivity contribution in [1.82, 2.24) is 19.3 Å². The fraction of sp³-hybridized carbons (Fsp3) is 0.296. The van der Waals surface area contributed by atoms with Crippen molar-refractivity contribution in [3.63, 3.8) is 0 Å². The molecular formula is C27H29F2N9O7S. The molecule has 19 heteroatoms. The SMILES string of the molecule is CCn1nc(C)cc1C(=O)Nc1nc2cc(C(N)=O)sc2n1C/C=C/CNc1c(OCCOC(F)F)cc(C(N)=O)cc1[N+](=O)[O-]. The number of ether oxygens (including phenoxy) is 2. The highest BCUT2D eigenvalue weighted by Gasteiger charge is 2.23. The smallest absolute Gasteiger partial charge is 0.345 e. The number of thiophene rings is 1. The number of nitro benzene ring substituents is 1. The minimum Gasteiger partial charge on any atom is -0.489 e. The van der Waals surface area contributed by atoms with Crippen molar-refractivity contribution in [3.8, 4) is 5.75 Å². The first-order valence-electron chi connectivity index (χ1n) is 13.6. The highest BCUT2D eigenvalue weighted by Crippen LogP contribution is 2.36. The van der Waals surface area contributed by atoms with E-state index in [2.05, 4.69) is 25.5 Å². The molecular weight excluding hydrogens is 632 g/mol. The zero-order valence-electron chi connectivity index (χ0n) is 24.5. The standard InChI is InChI=1S/C27H29F2N9O7S/c1-3-37-18(10-14(2)35-37)24(41)34-27-33-16-13-20(23(31)40)46-25(16)36(27)7-5-4-6-32-21-17(38(42)43)11-15(22(30)39)12-19(21)44-8-9-45-26(28)29/h4-5,10-13,26,32H,3,6-9H2,1-2H3,(H2,30,39)(H2,31,40)(H,33,34,41)/b5-4+. The number of nitrogens with one attached hydrogen (secondary N) is 2. The van der Waals surface area contributed by atoms with Gasteiger partial charge in [0.25, 0.3) is 17.5 Å². The lowest BCUT2D eigenvalue weighted by atomic mass is 10.1. The number of alkyl halides is 2. The van der Waals surface area contributed by atoms with Gasteiger partial charge in [0.15, 0.2) is 5.69 Å². The highest BCUT2D eigenvalue weighted by molar-refractivity contribution is 7.20. The van der Waals surface area contributed by atoms with Gasteiger partial charge in [0.05, 0.1) is 22.1 Å². The van der Waals surface area contributed by atoms with E-state index in [1.54, 1.807) is 34.4 Å². The summed E-state index contributed by atoms with van der Waals surface area (Å²) in [5, 5.41) is 21.7. The van der Waals surface area contributed by atoms with Crippen LogP contribution in [0.1, 0.15) is 43.1 Å². The third kappa shape index (κ3) is 7.80. The maximum atomic E-state index is 13.1. The van der Waals surface area contributed by atoms with Crippen LogP contribution in [-0.4, -0.2) is 68.3 Å². The molecule has 0 saturated heterocycles. The summed E-state index contributed by atoms with van der Waals surface area (Å²) < 4.78 is 37.4. The van der Waals surface area contributed by atoms with Crippen LogP contribution in [0.5, 0.6) is 5.75 Å². The fourth-order valence-electron chi connectivity index (χ4n) is 4.33. The van der Waals surface area contributed by atoms with Crippen LogP contribution >= 0.6 is 11.3 Å². The molecule has 0 saturated carbocycles. The van der Waals surface area contributed by atoms with E-state index < -0.39 is 48.2 Å². The fourth-order valence-corrected chi connectivity index (χ4v) is 5.29. The number of aromatic nitrogens is 4. The number of primary amides is 2. The summed E-state index contributed by atoms with van der Waals surface area (Å²) in [6.45, 7) is 0.281. The van der Waals surface area contributed by atoms with E-state index in [1.807, 2.05) is 6.92 Å². The van der Waals surface area contributed by atoms with Crippen LogP contribution in [0.25, 0.3) is 10.3 Å². The van der Waals surface area contributed by atoms with Gasteiger partial charge < -0.3 is 26.3 Å². The van der Waals surface area contributed by atoms with Crippen molar-refractivity contribution in [2.24, 2.45) is 11.5 Å². The Hall–Kier alpha value is -5.43. The zero-order chi connectivity index (χ0) is 33.5. The van der Waals surface area contributed by atoms with Crippen LogP contribution in [0.3, 0.4) is 0 Å². The number of carbonyl (C=O) groups is 3. The first-order chi connectivity index (χ1) is 21.9. The number of benzene rings is 1. The molecule has 0 unspecified atom stereocenters. The van der Waals surface area contributed by atoms with Gasteiger partial charge in [0, 0.05) is 31.3 Å². The van der Waals surface area contributed by atoms with Crippen molar-refractivity contribution in [2.45, 2.75) is 33.5 Å². The lowest BCUT2D eigenvalue weighted by molar-refractivity contribution is -0.384. The normalized spacial score (nSPS) is 11.4. The number of rotatable bonds is 16. The monoisotopic (exact) mass is 661 g/mol. The molecule has 6 N–H and O–H groups in total. The number of halogens is 2. The maximum Gasteiger partial charge on any atom is 0.345 e. The predicted octanol–water partition coefficient (Wildman–Crippen LogP) is 3.27. The number of nitro groups is 1. The number of hydrogen-bond donors (Lipinski definition) is 4. The van der Waals surface area contributed by atoms with Crippen LogP contribution in [0.2, 0.25) is 0 Å². The molecule has 3 aromatic heterocycles. The number of carbonyl (C=O) groups excluding carboxylic acids is 3. The number of amides is 3. The van der Waals surface area contributed by atoms with Gasteiger partial charge in [-0.25, -0.2) is 4.98 Å². The topological polar surface area (TPSA) is 225 Å². The third-order valence-electron chi connectivity index (χ3n) is 6.32. The van der Waals surface area contributed by atoms with Crippen LogP contribution in [-0.2, 0) is 17.8 Å². The maximum absolute atomic E-state index is 13.1. The Labute approximate surface area is 263 Å². The van der Waals surface area contributed by atoms with E-state index in [0.717, 1.165) is 23.5 Å². The van der Waals surface area contributed by atoms with E-state index in [4.69, 9.17) is 16.2 Å². The van der Waals surface area contributed by atoms with E-state index in [1.165, 1.54) is 6.07 Å². The van der Waals surface area contributed by atoms with Crippen molar-refractivity contribution < 1.29 is 37.6 Å². The number of imidazole rings is 1. The summed E-state index contributed by atoms with van der Waals surface area (Å²) in [6, 6.07) is 5.28. The molecule has 0 aliphatic heterocycles. The predicted molar refractivity (Wildman–Crippen MR) is 163 cm³/mol. The number of fused-ring (bicyclic) bond motifs is 1. The summed E-state index contributed by atoms with van der Waals surface area (Å²) >= 11 is 1.09. The Kier molecular flexibility index (Phi) is 10.6. The molecule has 0 atom stereocenters. The van der Waals surface area contributed by atoms with E-state index in [0.29, 0.717) is 28.3 Å². The number of hydrogen-bond acceptors (Lipinski definition) is 11. The van der Waals surface area contributed by atoms with Crippen molar-refractivity contribution in [2.75, 3.05) is 30.4 Å². The van der Waals surface area contributed by atoms with Crippen LogP contribution in [0.4, 0.5) is 26.1 Å². The zero-order valence-corrected chi connectivity index (χ0v) is 25.3. The van der Waals surface area contributed by atoms with Gasteiger partial charge in [0.1, 0.15) is 28.4 Å². The Bertz CT molecular complexity index is 1820. The number of nitrogens with two attached hydrogens (primary N) is 2. The Morgan fingerprint density at radius 1 is 1.15 bits per heavy atom. The number of allylic oxidation sites excluding steroid dienone is 1. The first-order valence-corrected chi connectivity index (χ1v) is 14.4. The van der Waals surface area contributed by atoms with Crippen molar-refractivity contribution >= 4 is 56.7 Å². The van der Waals surface area contributed by atoms with Crippen LogP contribution in [0, 0.1) is 17.0 Å². The molecule has 0 radical (unpaired) electrons. The number of nitrogens with zero attached hydrogens (tertiary/aromatic N) is 5. The largest absolute Gasteiger partial charge is 0.489 e. The molecule has 0 spiro atoms. The van der Waals surface area contributed by atoms with Gasteiger partial charge in [-0.15, -0.1) is 11.3 Å². The summed E-state index contributed by atoms with van der Waals surface area (Å²) in [5.74, 6) is -2.01. The molecule has 0 bridgehead atoms. The number of aryl methyl sites for hydroxylation is 2. The summed E-state index contributed by atoms with van der Waals surface area (Å²) in [6.07, 6.45) is 3.29. The van der Waals surface area contributed by atoms with Crippen molar-refractivity contribution in [1.29, 1.82) is 0 Å². The Morgan fingerprint density at radius 3 is 2.57 bits per heavy atom. The average molecular weight is 662 g/mol. The van der Waals surface area contributed by atoms with Gasteiger partial charge in [0.2, 0.25) is 11.9 Å². The minimum atomic E-state index is -3.04. The molecule has 0 aliphatic carbocycles. The van der Waals surface area contributed by atoms with E-state index in [-0.39, 0.29) is 40.9 Å². The lowest BCUT2D eigenvalue weighted by Crippen LogP contribution is -2.20. The number of anilines is 2. The second-order valence-corrected chi connectivity index (χ2v) is 10.5. The van der Waals surface area contributed by atoms with Crippen LogP contribution < -0.4 is 26.8 Å². The molecule has 1 aromatic carbocycles. The third-order valence-corrected chi connectivity index (χ3v) is 7.48. The second-order valence-electron chi connectivity index (χ2n) is 9.47. The molecule has 4 rings (SSSR count). The van der Waals surface area contributed by atoms with Gasteiger partial charge in [-0.1, -0.05) is 12.2 Å². The van der Waals surface area contributed by atoms with Gasteiger partial charge in [-0.2, -0.15) is 13.9 Å². The molecule has 46 heavy (non-hydrogen) atoms. The lowest BCUT2D eigenvalue weighted by Gasteiger charge is -2.14. The highest BCUT2D eigenvalue weighted by atomic mass is 32.1. The Balaban J connectivity index is 1.56. The molecule has 0 aliphatic rings. The summed E-state index contributed by atoms with van der Waals surface area (Å²) in [7, 11) is 0. The van der Waals surface area contributed by atoms with Crippen molar-refractivity contribution in [3.05, 3.63) is 68.4 Å². The molecule has 244 valence electrons. The summed E-state index contributed by atoms with van der Waals surface area (Å²) in [5.41, 5.74) is 11.3. The van der Waals surface area contributed by atoms with Crippen LogP contribution in [0.15, 0.2) is 36.4 Å². The van der Waals surface area contributed by atoms with Gasteiger partial charge >= 0.3 is 6.61 Å². The first kappa shape index (κ1) is 33.5. The van der Waals surface area contributed by atoms with Gasteiger partial charge in [-0.3, -0.25) is 39.1 Å². The Morgan fingerprint density at radius 2 is 1.91 bits per heavy atom. The quantitative estimate of drug-likeness (QED) is 0.0593. The molecule has 4 aromatic rings. The van der Waals surface area contributed by atoms with Gasteiger partial charge in [-0.05, 0) is 32.0 Å². The second kappa shape index (κ2) is 14.6. The average Bonchev–Trinajstić information content (AvgIpc) is 3.68. The van der Waals surface area contributed by atoms with E-state index >= 15 is 0 Å². The molecule has 0 fully saturated rings. The molecule has 16 nitrogen and oxygen atoms in total. The van der Waals surface area contributed by atoms with E-state index in [9.17, 15) is 33.3 Å². The molecule has 3 amide bonds. The molecule has 3 heterocycles.